The van der Waals surface area contributed by atoms with Crippen molar-refractivity contribution >= 4 is 40.7 Å². The summed E-state index contributed by atoms with van der Waals surface area (Å²) in [5.74, 6) is -1.43. The van der Waals surface area contributed by atoms with Crippen LogP contribution in [-0.4, -0.2) is 24.0 Å². The first-order chi connectivity index (χ1) is 13.5. The predicted molar refractivity (Wildman–Crippen MR) is 105 cm³/mol. The van der Waals surface area contributed by atoms with Crippen molar-refractivity contribution in [3.8, 4) is 0 Å². The van der Waals surface area contributed by atoms with Crippen molar-refractivity contribution in [2.75, 3.05) is 17.7 Å². The van der Waals surface area contributed by atoms with E-state index in [1.54, 1.807) is 36.4 Å². The van der Waals surface area contributed by atoms with Crippen molar-refractivity contribution < 1.29 is 18.7 Å². The Bertz CT molecular complexity index is 1030. The zero-order valence-electron chi connectivity index (χ0n) is 14.7. The molecule has 2 aromatic carbocycles. The fourth-order valence-corrected chi connectivity index (χ4v) is 2.56. The number of methoxy groups -OCH3 is 1. The molecule has 3 rings (SSSR count). The lowest BCUT2D eigenvalue weighted by molar-refractivity contribution is 0.0600. The monoisotopic (exact) mass is 399 g/mol. The summed E-state index contributed by atoms with van der Waals surface area (Å²) in [6.45, 7) is 0. The molecule has 28 heavy (non-hydrogen) atoms. The molecule has 1 heterocycles. The summed E-state index contributed by atoms with van der Waals surface area (Å²) in [5, 5.41) is 5.97. The quantitative estimate of drug-likeness (QED) is 0.610. The van der Waals surface area contributed by atoms with Gasteiger partial charge in [-0.05, 0) is 42.5 Å². The molecule has 1 aromatic heterocycles. The van der Waals surface area contributed by atoms with Crippen molar-refractivity contribution in [2.24, 2.45) is 0 Å². The molecule has 8 heteroatoms. The van der Waals surface area contributed by atoms with Crippen LogP contribution in [0.25, 0.3) is 0 Å². The number of amides is 1. The smallest absolute Gasteiger partial charge is 0.337 e. The number of esters is 1. The fraction of sp³-hybridized carbons (Fsp3) is 0.0500. The average molecular weight is 400 g/mol. The maximum Gasteiger partial charge on any atom is 0.337 e. The number of hydrogen-bond acceptors (Lipinski definition) is 5. The number of anilines is 3. The highest BCUT2D eigenvalue weighted by Crippen LogP contribution is 2.27. The van der Waals surface area contributed by atoms with E-state index in [1.807, 2.05) is 0 Å². The van der Waals surface area contributed by atoms with Gasteiger partial charge in [-0.25, -0.2) is 14.2 Å². The second-order valence-corrected chi connectivity index (χ2v) is 6.08. The fourth-order valence-electron chi connectivity index (χ4n) is 2.39. The second-order valence-electron chi connectivity index (χ2n) is 5.68. The van der Waals surface area contributed by atoms with Crippen LogP contribution in [0.2, 0.25) is 5.02 Å². The van der Waals surface area contributed by atoms with Gasteiger partial charge in [0.05, 0.1) is 40.8 Å². The molecule has 0 aliphatic rings. The molecule has 1 amide bonds. The Morgan fingerprint density at radius 3 is 2.57 bits per heavy atom. The molecular weight excluding hydrogens is 385 g/mol. The molecule has 6 nitrogen and oxygen atoms in total. The standard InChI is InChI=1S/C20H15ClFN3O3/c1-28-20(27)12-6-8-15(21)17(10-12)24-13-7-9-18(23-11-13)25-19(26)14-4-2-3-5-16(14)22/h2-11,24H,1H3,(H,23,25,26). The third-order valence-corrected chi connectivity index (χ3v) is 4.12. The molecule has 2 N–H and O–H groups in total. The molecule has 0 aliphatic carbocycles. The van der Waals surface area contributed by atoms with Crippen LogP contribution in [0.1, 0.15) is 20.7 Å². The van der Waals surface area contributed by atoms with Gasteiger partial charge in [0.25, 0.3) is 5.91 Å². The summed E-state index contributed by atoms with van der Waals surface area (Å²) in [5.41, 5.74) is 1.34. The molecule has 0 saturated heterocycles. The maximum absolute atomic E-state index is 13.7. The molecule has 0 radical (unpaired) electrons. The van der Waals surface area contributed by atoms with Crippen LogP contribution >= 0.6 is 11.6 Å². The number of benzene rings is 2. The molecule has 0 fully saturated rings. The average Bonchev–Trinajstić information content (AvgIpc) is 2.70. The van der Waals surface area contributed by atoms with E-state index in [-0.39, 0.29) is 11.4 Å². The van der Waals surface area contributed by atoms with E-state index in [0.717, 1.165) is 0 Å². The third kappa shape index (κ3) is 4.44. The maximum atomic E-state index is 13.7. The Labute approximate surface area is 165 Å². The summed E-state index contributed by atoms with van der Waals surface area (Å²) in [7, 11) is 1.29. The number of carbonyl (C=O) groups is 2. The van der Waals surface area contributed by atoms with Gasteiger partial charge in [-0.1, -0.05) is 23.7 Å². The van der Waals surface area contributed by atoms with Crippen LogP contribution in [0.15, 0.2) is 60.8 Å². The van der Waals surface area contributed by atoms with E-state index in [0.29, 0.717) is 22.0 Å². The molecule has 0 spiro atoms. The van der Waals surface area contributed by atoms with Gasteiger partial charge in [0.15, 0.2) is 0 Å². The van der Waals surface area contributed by atoms with E-state index in [9.17, 15) is 14.0 Å². The highest BCUT2D eigenvalue weighted by Gasteiger charge is 2.12. The highest BCUT2D eigenvalue weighted by molar-refractivity contribution is 6.33. The summed E-state index contributed by atoms with van der Waals surface area (Å²) in [6.07, 6.45) is 1.47. The van der Waals surface area contributed by atoms with Crippen LogP contribution < -0.4 is 10.6 Å². The number of nitrogens with zero attached hydrogens (tertiary/aromatic N) is 1. The Hall–Kier alpha value is -3.45. The first-order valence-corrected chi connectivity index (χ1v) is 8.52. The SMILES string of the molecule is COC(=O)c1ccc(Cl)c(Nc2ccc(NC(=O)c3ccccc3F)nc2)c1. The first-order valence-electron chi connectivity index (χ1n) is 8.15. The van der Waals surface area contributed by atoms with Crippen molar-refractivity contribution in [2.45, 2.75) is 0 Å². The Kier molecular flexibility index (Phi) is 5.86. The van der Waals surface area contributed by atoms with Gasteiger partial charge < -0.3 is 15.4 Å². The van der Waals surface area contributed by atoms with Crippen LogP contribution in [0.5, 0.6) is 0 Å². The van der Waals surface area contributed by atoms with Crippen molar-refractivity contribution in [1.82, 2.24) is 4.98 Å². The molecular formula is C20H15ClFN3O3. The molecule has 0 saturated carbocycles. The van der Waals surface area contributed by atoms with Gasteiger partial charge in [-0.3, -0.25) is 4.79 Å². The summed E-state index contributed by atoms with van der Waals surface area (Å²) in [6, 6.07) is 13.6. The Morgan fingerprint density at radius 2 is 1.89 bits per heavy atom. The van der Waals surface area contributed by atoms with Crippen LogP contribution in [-0.2, 0) is 4.74 Å². The van der Waals surface area contributed by atoms with E-state index in [4.69, 9.17) is 11.6 Å². The summed E-state index contributed by atoms with van der Waals surface area (Å²) < 4.78 is 18.4. The van der Waals surface area contributed by atoms with Gasteiger partial charge in [0.1, 0.15) is 11.6 Å². The van der Waals surface area contributed by atoms with Gasteiger partial charge in [-0.2, -0.15) is 0 Å². The minimum Gasteiger partial charge on any atom is -0.465 e. The minimum absolute atomic E-state index is 0.0714. The van der Waals surface area contributed by atoms with Crippen molar-refractivity contribution in [3.05, 3.63) is 82.8 Å². The van der Waals surface area contributed by atoms with E-state index < -0.39 is 17.7 Å². The Morgan fingerprint density at radius 1 is 1.11 bits per heavy atom. The molecule has 0 aliphatic heterocycles. The lowest BCUT2D eigenvalue weighted by Gasteiger charge is -2.11. The zero-order valence-corrected chi connectivity index (χ0v) is 15.5. The highest BCUT2D eigenvalue weighted by atomic mass is 35.5. The number of pyridine rings is 1. The minimum atomic E-state index is -0.613. The third-order valence-electron chi connectivity index (χ3n) is 3.79. The van der Waals surface area contributed by atoms with Gasteiger partial charge in [0, 0.05) is 0 Å². The first kappa shape index (κ1) is 19.3. The number of ether oxygens (including phenoxy) is 1. The summed E-state index contributed by atoms with van der Waals surface area (Å²) in [4.78, 5) is 27.9. The van der Waals surface area contributed by atoms with Crippen LogP contribution in [0.3, 0.4) is 0 Å². The molecule has 3 aromatic rings. The van der Waals surface area contributed by atoms with Gasteiger partial charge in [0.2, 0.25) is 0 Å². The Balaban J connectivity index is 1.72. The molecule has 0 unspecified atom stereocenters. The predicted octanol–water partition coefficient (Wildman–Crippen LogP) is 4.66. The second kappa shape index (κ2) is 8.49. The van der Waals surface area contributed by atoms with Crippen LogP contribution in [0.4, 0.5) is 21.6 Å². The lowest BCUT2D eigenvalue weighted by atomic mass is 10.2. The van der Waals surface area contributed by atoms with Gasteiger partial charge in [-0.15, -0.1) is 0 Å². The zero-order chi connectivity index (χ0) is 20.1. The number of halogens is 2. The number of nitrogens with one attached hydrogen (secondary N) is 2. The number of aromatic nitrogens is 1. The van der Waals surface area contributed by atoms with Crippen molar-refractivity contribution in [3.63, 3.8) is 0 Å². The van der Waals surface area contributed by atoms with Crippen LogP contribution in [0, 0.1) is 5.82 Å². The molecule has 142 valence electrons. The number of carbonyl (C=O) groups excluding carboxylic acids is 2. The summed E-state index contributed by atoms with van der Waals surface area (Å²) >= 11 is 6.15. The van der Waals surface area contributed by atoms with Crippen molar-refractivity contribution in [1.29, 1.82) is 0 Å². The lowest BCUT2D eigenvalue weighted by Crippen LogP contribution is -2.14. The van der Waals surface area contributed by atoms with E-state index in [1.165, 1.54) is 31.5 Å². The number of hydrogen-bond donors (Lipinski definition) is 2. The number of rotatable bonds is 5. The topological polar surface area (TPSA) is 80.3 Å². The largest absolute Gasteiger partial charge is 0.465 e. The van der Waals surface area contributed by atoms with Gasteiger partial charge >= 0.3 is 5.97 Å². The van der Waals surface area contributed by atoms with E-state index >= 15 is 0 Å². The normalized spacial score (nSPS) is 10.2. The van der Waals surface area contributed by atoms with E-state index in [2.05, 4.69) is 20.4 Å². The molecule has 0 bridgehead atoms. The molecule has 0 atom stereocenters.